The van der Waals surface area contributed by atoms with Crippen molar-refractivity contribution in [3.8, 4) is 0 Å². The number of carbonyl (C=O) groups excluding carboxylic acids is 1. The predicted octanol–water partition coefficient (Wildman–Crippen LogP) is 5.28. The number of carbonyl (C=O) groups is 1. The van der Waals surface area contributed by atoms with Gasteiger partial charge in [0, 0.05) is 13.6 Å². The van der Waals surface area contributed by atoms with E-state index in [4.69, 9.17) is 0 Å². The molecule has 0 saturated carbocycles. The van der Waals surface area contributed by atoms with Gasteiger partial charge in [0.2, 0.25) is 5.91 Å². The van der Waals surface area contributed by atoms with Crippen molar-refractivity contribution in [1.82, 2.24) is 9.80 Å². The molecule has 3 nitrogen and oxygen atoms in total. The molecule has 29 heavy (non-hydrogen) atoms. The van der Waals surface area contributed by atoms with Gasteiger partial charge in [0.05, 0.1) is 12.0 Å². The molecule has 3 rings (SSSR count). The third-order valence-corrected chi connectivity index (χ3v) is 6.12. The third-order valence-electron chi connectivity index (χ3n) is 6.12. The van der Waals surface area contributed by atoms with Gasteiger partial charge < -0.3 is 9.80 Å². The van der Waals surface area contributed by atoms with Crippen LogP contribution in [0.25, 0.3) is 0 Å². The van der Waals surface area contributed by atoms with Crippen LogP contribution < -0.4 is 0 Å². The minimum absolute atomic E-state index is 0.0875. The lowest BCUT2D eigenvalue weighted by atomic mass is 9.95. The molecule has 0 aliphatic carbocycles. The molecule has 1 aliphatic rings. The van der Waals surface area contributed by atoms with Crippen LogP contribution in [-0.4, -0.2) is 42.4 Å². The highest BCUT2D eigenvalue weighted by Gasteiger charge is 2.28. The van der Waals surface area contributed by atoms with Crippen LogP contribution >= 0.6 is 0 Å². The number of hydrogen-bond acceptors (Lipinski definition) is 2. The largest absolute Gasteiger partial charge is 0.337 e. The van der Waals surface area contributed by atoms with E-state index >= 15 is 0 Å². The molecule has 2 atom stereocenters. The molecule has 0 unspecified atom stereocenters. The highest BCUT2D eigenvalue weighted by atomic mass is 16.2. The first-order valence-corrected chi connectivity index (χ1v) is 11.1. The van der Waals surface area contributed by atoms with E-state index in [-0.39, 0.29) is 17.9 Å². The summed E-state index contributed by atoms with van der Waals surface area (Å²) in [7, 11) is 1.97. The second kappa shape index (κ2) is 10.1. The molecule has 0 radical (unpaired) electrons. The van der Waals surface area contributed by atoms with Crippen molar-refractivity contribution in [2.24, 2.45) is 5.92 Å². The van der Waals surface area contributed by atoms with Crippen molar-refractivity contribution in [2.75, 3.05) is 26.7 Å². The number of hydrogen-bond donors (Lipinski definition) is 0. The lowest BCUT2D eigenvalue weighted by Gasteiger charge is -2.33. The van der Waals surface area contributed by atoms with Gasteiger partial charge in [-0.3, -0.25) is 4.79 Å². The maximum Gasteiger partial charge on any atom is 0.230 e. The fourth-order valence-corrected chi connectivity index (χ4v) is 4.35. The van der Waals surface area contributed by atoms with Gasteiger partial charge in [-0.2, -0.15) is 0 Å². The molecule has 2 aromatic carbocycles. The lowest BCUT2D eigenvalue weighted by molar-refractivity contribution is -0.133. The van der Waals surface area contributed by atoms with Crippen LogP contribution in [0.2, 0.25) is 0 Å². The van der Waals surface area contributed by atoms with Gasteiger partial charge in [0.25, 0.3) is 0 Å². The molecule has 0 aromatic heterocycles. The lowest BCUT2D eigenvalue weighted by Crippen LogP contribution is -2.40. The minimum atomic E-state index is -0.141. The van der Waals surface area contributed by atoms with Crippen LogP contribution in [-0.2, 0) is 11.2 Å². The zero-order valence-electron chi connectivity index (χ0n) is 18.5. The van der Waals surface area contributed by atoms with Gasteiger partial charge in [0.15, 0.2) is 0 Å². The molecule has 3 heteroatoms. The van der Waals surface area contributed by atoms with Gasteiger partial charge in [0.1, 0.15) is 0 Å². The summed E-state index contributed by atoms with van der Waals surface area (Å²) in [6, 6.07) is 19.2. The summed E-state index contributed by atoms with van der Waals surface area (Å²) in [5.74, 6) is 0.691. The highest BCUT2D eigenvalue weighted by molar-refractivity contribution is 5.83. The Morgan fingerprint density at radius 1 is 0.931 bits per heavy atom. The monoisotopic (exact) mass is 392 g/mol. The maximum atomic E-state index is 13.4. The van der Waals surface area contributed by atoms with Crippen molar-refractivity contribution in [2.45, 2.75) is 52.0 Å². The molecule has 0 bridgehead atoms. The average molecular weight is 393 g/mol. The summed E-state index contributed by atoms with van der Waals surface area (Å²) >= 11 is 0. The van der Waals surface area contributed by atoms with Gasteiger partial charge in [-0.05, 0) is 61.9 Å². The van der Waals surface area contributed by atoms with E-state index in [1.807, 2.05) is 24.9 Å². The van der Waals surface area contributed by atoms with Crippen LogP contribution in [0.5, 0.6) is 0 Å². The molecule has 1 fully saturated rings. The molecule has 0 spiro atoms. The van der Waals surface area contributed by atoms with Gasteiger partial charge in [-0.1, -0.05) is 68.4 Å². The molecule has 156 valence electrons. The van der Waals surface area contributed by atoms with E-state index in [9.17, 15) is 4.79 Å². The number of likely N-dealkylation sites (tertiary alicyclic amines) is 1. The fraction of sp³-hybridized carbons (Fsp3) is 0.500. The van der Waals surface area contributed by atoms with Gasteiger partial charge in [-0.25, -0.2) is 0 Å². The van der Waals surface area contributed by atoms with Crippen molar-refractivity contribution in [3.05, 3.63) is 71.3 Å². The molecule has 0 N–H and O–H groups in total. The smallest absolute Gasteiger partial charge is 0.230 e. The second-order valence-corrected chi connectivity index (χ2v) is 8.94. The molecule has 1 heterocycles. The van der Waals surface area contributed by atoms with Gasteiger partial charge >= 0.3 is 0 Å². The molecule has 1 aliphatic heterocycles. The topological polar surface area (TPSA) is 23.6 Å². The van der Waals surface area contributed by atoms with E-state index in [0.29, 0.717) is 5.92 Å². The molecule has 1 saturated heterocycles. The Morgan fingerprint density at radius 3 is 2.14 bits per heavy atom. The SMILES string of the molecule is CC(C)Cc1ccc([C@H](C)C(=O)N(C)[C@H](CN2CCCC2)c2ccccc2)cc1. The first-order valence-electron chi connectivity index (χ1n) is 11.1. The number of amides is 1. The van der Waals surface area contributed by atoms with E-state index in [0.717, 1.165) is 31.6 Å². The number of rotatable bonds is 8. The van der Waals surface area contributed by atoms with Crippen molar-refractivity contribution in [3.63, 3.8) is 0 Å². The summed E-state index contributed by atoms with van der Waals surface area (Å²) < 4.78 is 0. The molecular formula is C26H36N2O. The Kier molecular flexibility index (Phi) is 7.49. The fourth-order valence-electron chi connectivity index (χ4n) is 4.35. The van der Waals surface area contributed by atoms with Crippen LogP contribution in [0.3, 0.4) is 0 Å². The molecule has 2 aromatic rings. The van der Waals surface area contributed by atoms with Crippen molar-refractivity contribution in [1.29, 1.82) is 0 Å². The number of nitrogens with zero attached hydrogens (tertiary/aromatic N) is 2. The normalized spacial score (nSPS) is 16.7. The summed E-state index contributed by atoms with van der Waals surface area (Å²) in [4.78, 5) is 17.9. The second-order valence-electron chi connectivity index (χ2n) is 8.94. The predicted molar refractivity (Wildman–Crippen MR) is 121 cm³/mol. The summed E-state index contributed by atoms with van der Waals surface area (Å²) in [5, 5.41) is 0. The Bertz CT molecular complexity index is 763. The van der Waals surface area contributed by atoms with E-state index < -0.39 is 0 Å². The standard InChI is InChI=1S/C26H36N2O/c1-20(2)18-22-12-14-23(15-13-22)21(3)26(29)27(4)25(19-28-16-8-9-17-28)24-10-6-5-7-11-24/h5-7,10-15,20-21,25H,8-9,16-19H2,1-4H3/t21-,25+/m0/s1. The average Bonchev–Trinajstić information content (AvgIpc) is 3.24. The number of likely N-dealkylation sites (N-methyl/N-ethyl adjacent to an activating group) is 1. The minimum Gasteiger partial charge on any atom is -0.337 e. The highest BCUT2D eigenvalue weighted by Crippen LogP contribution is 2.27. The zero-order chi connectivity index (χ0) is 20.8. The first-order chi connectivity index (χ1) is 14.0. The van der Waals surface area contributed by atoms with Gasteiger partial charge in [-0.15, -0.1) is 0 Å². The van der Waals surface area contributed by atoms with Crippen LogP contribution in [0.1, 0.15) is 62.3 Å². The van der Waals surface area contributed by atoms with Crippen LogP contribution in [0, 0.1) is 5.92 Å². The summed E-state index contributed by atoms with van der Waals surface area (Å²) in [6.07, 6.45) is 3.60. The van der Waals surface area contributed by atoms with Crippen LogP contribution in [0.4, 0.5) is 0 Å². The summed E-state index contributed by atoms with van der Waals surface area (Å²) in [5.41, 5.74) is 3.66. The third kappa shape index (κ3) is 5.70. The Hall–Kier alpha value is -2.13. The molecular weight excluding hydrogens is 356 g/mol. The van der Waals surface area contributed by atoms with Crippen molar-refractivity contribution < 1.29 is 4.79 Å². The summed E-state index contributed by atoms with van der Waals surface area (Å²) in [6.45, 7) is 9.69. The van der Waals surface area contributed by atoms with E-state index in [1.54, 1.807) is 0 Å². The van der Waals surface area contributed by atoms with Crippen molar-refractivity contribution >= 4 is 5.91 Å². The Morgan fingerprint density at radius 2 is 1.55 bits per heavy atom. The Labute approximate surface area is 176 Å². The molecule has 1 amide bonds. The van der Waals surface area contributed by atoms with Crippen LogP contribution in [0.15, 0.2) is 54.6 Å². The maximum absolute atomic E-state index is 13.4. The number of benzene rings is 2. The zero-order valence-corrected chi connectivity index (χ0v) is 18.5. The quantitative estimate of drug-likeness (QED) is 0.610. The van der Waals surface area contributed by atoms with E-state index in [1.165, 1.54) is 24.0 Å². The first kappa shape index (κ1) is 21.6. The van der Waals surface area contributed by atoms with E-state index in [2.05, 4.69) is 67.3 Å². The Balaban J connectivity index is 1.75.